The minimum atomic E-state index is -0.165. The topological polar surface area (TPSA) is 32.3 Å². The molecule has 0 radical (unpaired) electrons. The van der Waals surface area contributed by atoms with Gasteiger partial charge in [0.1, 0.15) is 11.6 Å². The van der Waals surface area contributed by atoms with E-state index in [-0.39, 0.29) is 5.82 Å². The van der Waals surface area contributed by atoms with Crippen molar-refractivity contribution in [2.24, 2.45) is 0 Å². The van der Waals surface area contributed by atoms with Gasteiger partial charge in [-0.1, -0.05) is 24.3 Å². The average molecular weight is 380 g/mol. The molecule has 1 aliphatic rings. The number of para-hydroxylation sites is 1. The smallest absolute Gasteiger partial charge is 0.147 e. The Labute approximate surface area is 163 Å². The van der Waals surface area contributed by atoms with Gasteiger partial charge in [-0.2, -0.15) is 0 Å². The normalized spacial score (nSPS) is 14.4. The summed E-state index contributed by atoms with van der Waals surface area (Å²) in [5.41, 5.74) is 2.61. The zero-order valence-corrected chi connectivity index (χ0v) is 16.0. The zero-order valence-electron chi connectivity index (χ0n) is 15.2. The van der Waals surface area contributed by atoms with Crippen molar-refractivity contribution in [3.63, 3.8) is 0 Å². The van der Waals surface area contributed by atoms with Gasteiger partial charge in [-0.25, -0.2) is 9.37 Å². The first-order valence-corrected chi connectivity index (χ1v) is 10.2. The van der Waals surface area contributed by atoms with Crippen LogP contribution in [0.3, 0.4) is 0 Å². The molecule has 1 aromatic heterocycles. The maximum Gasteiger partial charge on any atom is 0.147 e. The van der Waals surface area contributed by atoms with Crippen LogP contribution in [-0.4, -0.2) is 42.4 Å². The quantitative estimate of drug-likeness (QED) is 0.629. The van der Waals surface area contributed by atoms with Crippen LogP contribution in [0.4, 0.5) is 15.9 Å². The molecule has 0 bridgehead atoms. The summed E-state index contributed by atoms with van der Waals surface area (Å²) in [5.74, 6) is 0.705. The van der Waals surface area contributed by atoms with E-state index in [4.69, 9.17) is 4.98 Å². The number of halogens is 1. The van der Waals surface area contributed by atoms with Crippen molar-refractivity contribution in [1.29, 1.82) is 0 Å². The molecule has 0 N–H and O–H groups in total. The Kier molecular flexibility index (Phi) is 5.25. The van der Waals surface area contributed by atoms with E-state index < -0.39 is 0 Å². The molecule has 1 aliphatic heterocycles. The molecule has 1 saturated heterocycles. The second kappa shape index (κ2) is 7.96. The second-order valence-corrected chi connectivity index (χ2v) is 7.30. The van der Waals surface area contributed by atoms with Gasteiger partial charge in [0.2, 0.25) is 0 Å². The predicted octanol–water partition coefficient (Wildman–Crippen LogP) is 4.33. The van der Waals surface area contributed by atoms with Gasteiger partial charge in [-0.3, -0.25) is 4.98 Å². The first kappa shape index (κ1) is 17.8. The van der Waals surface area contributed by atoms with Crippen LogP contribution in [0.5, 0.6) is 0 Å². The SMILES string of the molecule is CSc1ccc(-c2cncc(N3CCN(c4ccccc4F)CC3)n2)cc1. The lowest BCUT2D eigenvalue weighted by atomic mass is 10.1. The molecule has 0 saturated carbocycles. The molecule has 6 heteroatoms. The highest BCUT2D eigenvalue weighted by Gasteiger charge is 2.20. The molecule has 2 heterocycles. The van der Waals surface area contributed by atoms with E-state index in [2.05, 4.69) is 45.3 Å². The minimum Gasteiger partial charge on any atom is -0.366 e. The fraction of sp³-hybridized carbons (Fsp3) is 0.238. The molecule has 0 aliphatic carbocycles. The number of nitrogens with zero attached hydrogens (tertiary/aromatic N) is 4. The number of benzene rings is 2. The Morgan fingerprint density at radius 3 is 2.30 bits per heavy atom. The highest BCUT2D eigenvalue weighted by Crippen LogP contribution is 2.25. The molecule has 1 fully saturated rings. The Morgan fingerprint density at radius 1 is 0.889 bits per heavy atom. The highest BCUT2D eigenvalue weighted by molar-refractivity contribution is 7.98. The highest BCUT2D eigenvalue weighted by atomic mass is 32.2. The van der Waals surface area contributed by atoms with E-state index in [0.717, 1.165) is 43.3 Å². The van der Waals surface area contributed by atoms with Gasteiger partial charge in [0.15, 0.2) is 0 Å². The molecule has 0 amide bonds. The lowest BCUT2D eigenvalue weighted by Gasteiger charge is -2.36. The van der Waals surface area contributed by atoms with Crippen molar-refractivity contribution in [2.45, 2.75) is 4.90 Å². The summed E-state index contributed by atoms with van der Waals surface area (Å²) in [6, 6.07) is 15.3. The predicted molar refractivity (Wildman–Crippen MR) is 110 cm³/mol. The third-order valence-electron chi connectivity index (χ3n) is 4.80. The second-order valence-electron chi connectivity index (χ2n) is 6.42. The van der Waals surface area contributed by atoms with Crippen molar-refractivity contribution >= 4 is 23.3 Å². The number of thioether (sulfide) groups is 1. The van der Waals surface area contributed by atoms with Crippen LogP contribution in [0.1, 0.15) is 0 Å². The van der Waals surface area contributed by atoms with Crippen LogP contribution >= 0.6 is 11.8 Å². The minimum absolute atomic E-state index is 0.165. The number of hydrogen-bond donors (Lipinski definition) is 0. The van der Waals surface area contributed by atoms with Crippen LogP contribution in [0.25, 0.3) is 11.3 Å². The summed E-state index contributed by atoms with van der Waals surface area (Å²) in [6.07, 6.45) is 5.67. The summed E-state index contributed by atoms with van der Waals surface area (Å²) in [7, 11) is 0. The molecule has 0 unspecified atom stereocenters. The Morgan fingerprint density at radius 2 is 1.59 bits per heavy atom. The summed E-state index contributed by atoms with van der Waals surface area (Å²) in [5, 5.41) is 0. The van der Waals surface area contributed by atoms with Crippen molar-refractivity contribution in [3.8, 4) is 11.3 Å². The van der Waals surface area contributed by atoms with Gasteiger partial charge in [0, 0.05) is 36.6 Å². The van der Waals surface area contributed by atoms with E-state index in [0.29, 0.717) is 5.69 Å². The van der Waals surface area contributed by atoms with Crippen LogP contribution in [0.2, 0.25) is 0 Å². The molecule has 4 nitrogen and oxygen atoms in total. The largest absolute Gasteiger partial charge is 0.366 e. The van der Waals surface area contributed by atoms with E-state index in [1.165, 1.54) is 11.0 Å². The van der Waals surface area contributed by atoms with Gasteiger partial charge in [-0.05, 0) is 30.5 Å². The van der Waals surface area contributed by atoms with E-state index in [1.807, 2.05) is 12.1 Å². The van der Waals surface area contributed by atoms with Gasteiger partial charge < -0.3 is 9.80 Å². The van der Waals surface area contributed by atoms with Crippen molar-refractivity contribution in [2.75, 3.05) is 42.2 Å². The van der Waals surface area contributed by atoms with Crippen molar-refractivity contribution < 1.29 is 4.39 Å². The molecule has 4 rings (SSSR count). The van der Waals surface area contributed by atoms with Crippen LogP contribution in [0, 0.1) is 5.82 Å². The zero-order chi connectivity index (χ0) is 18.6. The van der Waals surface area contributed by atoms with E-state index in [1.54, 1.807) is 30.2 Å². The first-order chi connectivity index (χ1) is 13.2. The summed E-state index contributed by atoms with van der Waals surface area (Å²) in [4.78, 5) is 14.7. The standard InChI is InChI=1S/C21H21FN4S/c1-27-17-8-6-16(7-9-17)19-14-23-15-21(24-19)26-12-10-25(11-13-26)20-5-3-2-4-18(20)22/h2-9,14-15H,10-13H2,1H3. The number of rotatable bonds is 4. The fourth-order valence-corrected chi connectivity index (χ4v) is 3.70. The molecule has 0 atom stereocenters. The molecular formula is C21H21FN4S. The molecule has 3 aromatic rings. The monoisotopic (exact) mass is 380 g/mol. The first-order valence-electron chi connectivity index (χ1n) is 8.95. The van der Waals surface area contributed by atoms with Crippen molar-refractivity contribution in [1.82, 2.24) is 9.97 Å². The van der Waals surface area contributed by atoms with Crippen LogP contribution < -0.4 is 9.80 Å². The summed E-state index contributed by atoms with van der Waals surface area (Å²) >= 11 is 1.72. The van der Waals surface area contributed by atoms with Crippen molar-refractivity contribution in [3.05, 3.63) is 66.7 Å². The third kappa shape index (κ3) is 3.90. The number of aromatic nitrogens is 2. The van der Waals surface area contributed by atoms with Crippen LogP contribution in [0.15, 0.2) is 65.8 Å². The average Bonchev–Trinajstić information content (AvgIpc) is 2.74. The number of piperazine rings is 1. The van der Waals surface area contributed by atoms with E-state index >= 15 is 0 Å². The Hall–Kier alpha value is -2.60. The lowest BCUT2D eigenvalue weighted by Crippen LogP contribution is -2.47. The summed E-state index contributed by atoms with van der Waals surface area (Å²) in [6.45, 7) is 3.10. The van der Waals surface area contributed by atoms with Gasteiger partial charge >= 0.3 is 0 Å². The summed E-state index contributed by atoms with van der Waals surface area (Å²) < 4.78 is 14.0. The number of hydrogen-bond acceptors (Lipinski definition) is 5. The fourth-order valence-electron chi connectivity index (χ4n) is 3.29. The maximum absolute atomic E-state index is 14.0. The molecule has 2 aromatic carbocycles. The van der Waals surface area contributed by atoms with Gasteiger partial charge in [0.25, 0.3) is 0 Å². The molecule has 27 heavy (non-hydrogen) atoms. The van der Waals surface area contributed by atoms with Gasteiger partial charge in [0.05, 0.1) is 23.8 Å². The van der Waals surface area contributed by atoms with Gasteiger partial charge in [-0.15, -0.1) is 11.8 Å². The molecular weight excluding hydrogens is 359 g/mol. The Balaban J connectivity index is 1.48. The lowest BCUT2D eigenvalue weighted by molar-refractivity contribution is 0.596. The molecule has 0 spiro atoms. The molecule has 138 valence electrons. The van der Waals surface area contributed by atoms with E-state index in [9.17, 15) is 4.39 Å². The number of anilines is 2. The van der Waals surface area contributed by atoms with Crippen LogP contribution in [-0.2, 0) is 0 Å². The third-order valence-corrected chi connectivity index (χ3v) is 5.55. The Bertz CT molecular complexity index is 908. The maximum atomic E-state index is 14.0.